The van der Waals surface area contributed by atoms with Gasteiger partial charge in [0.25, 0.3) is 0 Å². The Morgan fingerprint density at radius 3 is 2.78 bits per heavy atom. The topological polar surface area (TPSA) is 32.3 Å². The highest BCUT2D eigenvalue weighted by molar-refractivity contribution is 5.39. The van der Waals surface area contributed by atoms with Crippen molar-refractivity contribution in [2.45, 2.75) is 19.4 Å². The fourth-order valence-corrected chi connectivity index (χ4v) is 1.26. The van der Waals surface area contributed by atoms with E-state index in [0.29, 0.717) is 5.76 Å². The second-order valence-electron chi connectivity index (χ2n) is 2.63. The zero-order valence-corrected chi connectivity index (χ0v) is 5.31. The number of nitrogens with one attached hydrogen (secondary N) is 1. The van der Waals surface area contributed by atoms with Gasteiger partial charge in [0.05, 0.1) is 6.04 Å². The van der Waals surface area contributed by atoms with Crippen LogP contribution in [0.3, 0.4) is 0 Å². The Labute approximate surface area is 53.9 Å². The van der Waals surface area contributed by atoms with Crippen molar-refractivity contribution in [1.82, 2.24) is 5.32 Å². The van der Waals surface area contributed by atoms with Crippen molar-refractivity contribution in [3.63, 3.8) is 0 Å². The summed E-state index contributed by atoms with van der Waals surface area (Å²) in [4.78, 5) is 0. The van der Waals surface area contributed by atoms with Crippen LogP contribution >= 0.6 is 0 Å². The molecular formula is C7H9NO. The minimum Gasteiger partial charge on any atom is -0.510 e. The molecular weight excluding hydrogens is 114 g/mol. The van der Waals surface area contributed by atoms with E-state index >= 15 is 0 Å². The van der Waals surface area contributed by atoms with Gasteiger partial charge in [0, 0.05) is 12.1 Å². The van der Waals surface area contributed by atoms with E-state index in [0.717, 1.165) is 6.42 Å². The summed E-state index contributed by atoms with van der Waals surface area (Å²) in [6, 6.07) is 0.240. The Morgan fingerprint density at radius 1 is 1.78 bits per heavy atom. The summed E-state index contributed by atoms with van der Waals surface area (Å²) < 4.78 is 0. The largest absolute Gasteiger partial charge is 0.510 e. The van der Waals surface area contributed by atoms with E-state index in [-0.39, 0.29) is 6.04 Å². The van der Waals surface area contributed by atoms with Crippen LogP contribution in [0.1, 0.15) is 13.3 Å². The molecule has 1 aliphatic carbocycles. The monoisotopic (exact) mass is 123 g/mol. The molecule has 1 atom stereocenters. The average molecular weight is 123 g/mol. The fraction of sp³-hybridized carbons (Fsp3) is 0.429. The highest BCUT2D eigenvalue weighted by Gasteiger charge is 2.30. The first-order valence-electron chi connectivity index (χ1n) is 3.14. The van der Waals surface area contributed by atoms with Gasteiger partial charge in [-0.15, -0.1) is 0 Å². The zero-order valence-electron chi connectivity index (χ0n) is 5.31. The van der Waals surface area contributed by atoms with Crippen LogP contribution in [0.2, 0.25) is 0 Å². The quantitative estimate of drug-likeness (QED) is 0.505. The van der Waals surface area contributed by atoms with Crippen LogP contribution in [-0.4, -0.2) is 11.1 Å². The predicted octanol–water partition coefficient (Wildman–Crippen LogP) is 1.08. The molecule has 0 aromatic rings. The molecule has 1 unspecified atom stereocenters. The first-order chi connectivity index (χ1) is 4.27. The van der Waals surface area contributed by atoms with Crippen molar-refractivity contribution >= 4 is 0 Å². The minimum absolute atomic E-state index is 0.240. The number of fused-ring (bicyclic) bond motifs is 1. The standard InChI is InChI=1S/C7H9NO/c1-4-2-7(9)6-3-5(4)8-6/h2,6,8-9H,3H2,1H3. The number of rotatable bonds is 0. The lowest BCUT2D eigenvalue weighted by atomic mass is 9.90. The van der Waals surface area contributed by atoms with Gasteiger partial charge in [-0.05, 0) is 18.6 Å². The van der Waals surface area contributed by atoms with E-state index < -0.39 is 0 Å². The molecule has 1 fully saturated rings. The molecule has 1 saturated heterocycles. The summed E-state index contributed by atoms with van der Waals surface area (Å²) >= 11 is 0. The molecule has 2 nitrogen and oxygen atoms in total. The third kappa shape index (κ3) is 0.502. The SMILES string of the molecule is CC1=C2CC(N2)C(O)=C1. The molecule has 48 valence electrons. The van der Waals surface area contributed by atoms with Crippen molar-refractivity contribution in [3.8, 4) is 0 Å². The Balaban J connectivity index is 2.41. The summed E-state index contributed by atoms with van der Waals surface area (Å²) in [6.45, 7) is 2.01. The van der Waals surface area contributed by atoms with Crippen molar-refractivity contribution in [1.29, 1.82) is 0 Å². The Hall–Kier alpha value is -0.920. The van der Waals surface area contributed by atoms with Crippen molar-refractivity contribution in [3.05, 3.63) is 23.1 Å². The van der Waals surface area contributed by atoms with Gasteiger partial charge >= 0.3 is 0 Å². The third-order valence-corrected chi connectivity index (χ3v) is 1.95. The first kappa shape index (κ1) is 4.91. The number of aliphatic hydroxyl groups is 1. The lowest BCUT2D eigenvalue weighted by Gasteiger charge is -2.36. The Kier molecular flexibility index (Phi) is 0.721. The lowest BCUT2D eigenvalue weighted by Crippen LogP contribution is -2.45. The second-order valence-corrected chi connectivity index (χ2v) is 2.63. The molecule has 2 aliphatic heterocycles. The number of hydrogen-bond acceptors (Lipinski definition) is 2. The first-order valence-corrected chi connectivity index (χ1v) is 3.14. The molecule has 0 aromatic carbocycles. The van der Waals surface area contributed by atoms with E-state index in [1.165, 1.54) is 11.3 Å². The Bertz CT molecular complexity index is 207. The number of allylic oxidation sites excluding steroid dienone is 2. The fourth-order valence-electron chi connectivity index (χ4n) is 1.26. The van der Waals surface area contributed by atoms with Gasteiger partial charge in [-0.1, -0.05) is 0 Å². The molecule has 9 heavy (non-hydrogen) atoms. The molecule has 0 amide bonds. The number of aliphatic hydroxyl groups excluding tert-OH is 1. The summed E-state index contributed by atoms with van der Waals surface area (Å²) in [5.41, 5.74) is 2.47. The van der Waals surface area contributed by atoms with Crippen LogP contribution in [0.5, 0.6) is 0 Å². The summed E-state index contributed by atoms with van der Waals surface area (Å²) in [5, 5.41) is 12.3. The predicted molar refractivity (Wildman–Crippen MR) is 35.0 cm³/mol. The minimum atomic E-state index is 0.240. The van der Waals surface area contributed by atoms with E-state index in [9.17, 15) is 0 Å². The van der Waals surface area contributed by atoms with Gasteiger partial charge < -0.3 is 10.4 Å². The van der Waals surface area contributed by atoms with Gasteiger partial charge in [0.15, 0.2) is 0 Å². The van der Waals surface area contributed by atoms with Crippen LogP contribution in [0.25, 0.3) is 0 Å². The van der Waals surface area contributed by atoms with Crippen molar-refractivity contribution in [2.75, 3.05) is 0 Å². The molecule has 2 heterocycles. The maximum absolute atomic E-state index is 9.15. The van der Waals surface area contributed by atoms with E-state index in [2.05, 4.69) is 5.32 Å². The highest BCUT2D eigenvalue weighted by atomic mass is 16.3. The van der Waals surface area contributed by atoms with Gasteiger partial charge in [-0.3, -0.25) is 0 Å². The van der Waals surface area contributed by atoms with Crippen molar-refractivity contribution in [2.24, 2.45) is 0 Å². The van der Waals surface area contributed by atoms with Crippen LogP contribution in [0, 0.1) is 0 Å². The van der Waals surface area contributed by atoms with E-state index in [1.54, 1.807) is 0 Å². The molecule has 0 saturated carbocycles. The van der Waals surface area contributed by atoms with Gasteiger partial charge in [-0.25, -0.2) is 0 Å². The van der Waals surface area contributed by atoms with Gasteiger partial charge in [0.2, 0.25) is 0 Å². The van der Waals surface area contributed by atoms with Crippen LogP contribution < -0.4 is 5.32 Å². The third-order valence-electron chi connectivity index (χ3n) is 1.95. The van der Waals surface area contributed by atoms with Crippen molar-refractivity contribution < 1.29 is 5.11 Å². The van der Waals surface area contributed by atoms with Crippen LogP contribution in [0.15, 0.2) is 23.1 Å². The highest BCUT2D eigenvalue weighted by Crippen LogP contribution is 2.29. The van der Waals surface area contributed by atoms with Crippen LogP contribution in [-0.2, 0) is 0 Å². The molecule has 2 N–H and O–H groups in total. The molecule has 2 heteroatoms. The molecule has 0 radical (unpaired) electrons. The molecule has 0 spiro atoms. The maximum Gasteiger partial charge on any atom is 0.115 e. The average Bonchev–Trinajstić information content (AvgIpc) is 1.57. The summed E-state index contributed by atoms with van der Waals surface area (Å²) in [7, 11) is 0. The normalized spacial score (nSPS) is 30.8. The molecule has 3 rings (SSSR count). The maximum atomic E-state index is 9.15. The molecule has 2 bridgehead atoms. The lowest BCUT2D eigenvalue weighted by molar-refractivity contribution is 0.303. The van der Waals surface area contributed by atoms with Gasteiger partial charge in [-0.2, -0.15) is 0 Å². The second kappa shape index (κ2) is 1.32. The summed E-state index contributed by atoms with van der Waals surface area (Å²) in [6.07, 6.45) is 2.84. The number of hydrogen-bond donors (Lipinski definition) is 2. The van der Waals surface area contributed by atoms with E-state index in [1.807, 2.05) is 13.0 Å². The zero-order chi connectivity index (χ0) is 6.43. The molecule has 0 aromatic heterocycles. The number of dihydropyridines is 1. The molecule has 3 aliphatic rings. The van der Waals surface area contributed by atoms with Crippen LogP contribution in [0.4, 0.5) is 0 Å². The summed E-state index contributed by atoms with van der Waals surface area (Å²) in [5.74, 6) is 0.488. The van der Waals surface area contributed by atoms with E-state index in [4.69, 9.17) is 5.11 Å². The Morgan fingerprint density at radius 2 is 2.44 bits per heavy atom. The smallest absolute Gasteiger partial charge is 0.115 e. The van der Waals surface area contributed by atoms with Gasteiger partial charge in [0.1, 0.15) is 5.76 Å².